The fourth-order valence-corrected chi connectivity index (χ4v) is 1.95. The number of ether oxygens (including phenoxy) is 1. The zero-order chi connectivity index (χ0) is 17.4. The molecule has 0 saturated heterocycles. The minimum atomic E-state index is -0.327. The molecular weight excluding hydrogens is 306 g/mol. The predicted molar refractivity (Wildman–Crippen MR) is 93.4 cm³/mol. The summed E-state index contributed by atoms with van der Waals surface area (Å²) >= 11 is 0. The van der Waals surface area contributed by atoms with Crippen LogP contribution in [0.2, 0.25) is 0 Å². The van der Waals surface area contributed by atoms with Gasteiger partial charge in [0.25, 0.3) is 5.91 Å². The number of hydrogen-bond acceptors (Lipinski definition) is 4. The van der Waals surface area contributed by atoms with Crippen LogP contribution in [0.4, 0.5) is 5.69 Å². The second kappa shape index (κ2) is 8.47. The Hall–Kier alpha value is -3.15. The lowest BCUT2D eigenvalue weighted by atomic mass is 10.2. The zero-order valence-corrected chi connectivity index (χ0v) is 13.6. The van der Waals surface area contributed by atoms with E-state index in [1.807, 2.05) is 31.2 Å². The van der Waals surface area contributed by atoms with Crippen molar-refractivity contribution in [3.63, 3.8) is 0 Å². The summed E-state index contributed by atoms with van der Waals surface area (Å²) in [5.74, 6) is 0.302. The van der Waals surface area contributed by atoms with E-state index in [0.29, 0.717) is 17.9 Å². The van der Waals surface area contributed by atoms with Crippen molar-refractivity contribution >= 4 is 23.7 Å². The van der Waals surface area contributed by atoms with Crippen molar-refractivity contribution in [2.24, 2.45) is 5.10 Å². The first-order chi connectivity index (χ1) is 11.6. The van der Waals surface area contributed by atoms with E-state index in [1.54, 1.807) is 30.5 Å². The third kappa shape index (κ3) is 5.24. The molecule has 0 aromatic heterocycles. The summed E-state index contributed by atoms with van der Waals surface area (Å²) in [6.45, 7) is 3.97. The Morgan fingerprint density at radius 2 is 1.75 bits per heavy atom. The largest absolute Gasteiger partial charge is 0.494 e. The summed E-state index contributed by atoms with van der Waals surface area (Å²) in [5, 5.41) is 6.57. The van der Waals surface area contributed by atoms with Gasteiger partial charge in [-0.3, -0.25) is 9.59 Å². The Labute approximate surface area is 140 Å². The second-order valence-electron chi connectivity index (χ2n) is 4.96. The number of hydrazone groups is 1. The van der Waals surface area contributed by atoms with Gasteiger partial charge < -0.3 is 10.1 Å². The van der Waals surface area contributed by atoms with Crippen LogP contribution in [0.15, 0.2) is 53.6 Å². The van der Waals surface area contributed by atoms with Gasteiger partial charge in [-0.2, -0.15) is 5.10 Å². The maximum absolute atomic E-state index is 12.0. The zero-order valence-electron chi connectivity index (χ0n) is 13.6. The van der Waals surface area contributed by atoms with Gasteiger partial charge in [0.15, 0.2) is 0 Å². The molecule has 2 aromatic rings. The second-order valence-corrected chi connectivity index (χ2v) is 4.96. The van der Waals surface area contributed by atoms with Crippen LogP contribution in [0.3, 0.4) is 0 Å². The molecule has 0 atom stereocenters. The molecule has 0 heterocycles. The molecule has 2 rings (SSSR count). The van der Waals surface area contributed by atoms with Gasteiger partial charge in [-0.05, 0) is 61.0 Å². The normalized spacial score (nSPS) is 10.4. The van der Waals surface area contributed by atoms with E-state index in [-0.39, 0.29) is 11.8 Å². The number of anilines is 1. The van der Waals surface area contributed by atoms with Crippen molar-refractivity contribution < 1.29 is 14.3 Å². The van der Waals surface area contributed by atoms with Crippen LogP contribution in [-0.4, -0.2) is 24.6 Å². The predicted octanol–water partition coefficient (Wildman–Crippen LogP) is 2.81. The van der Waals surface area contributed by atoms with Crippen molar-refractivity contribution in [3.05, 3.63) is 59.7 Å². The van der Waals surface area contributed by atoms with Crippen LogP contribution in [0.5, 0.6) is 5.75 Å². The van der Waals surface area contributed by atoms with Crippen molar-refractivity contribution in [1.29, 1.82) is 0 Å². The summed E-state index contributed by atoms with van der Waals surface area (Å²) in [6, 6.07) is 13.9. The molecule has 2 aromatic carbocycles. The van der Waals surface area contributed by atoms with Crippen LogP contribution in [0.25, 0.3) is 0 Å². The Kier molecular flexibility index (Phi) is 6.08. The lowest BCUT2D eigenvalue weighted by molar-refractivity contribution is -0.114. The van der Waals surface area contributed by atoms with E-state index in [9.17, 15) is 9.59 Å². The summed E-state index contributed by atoms with van der Waals surface area (Å²) in [4.78, 5) is 22.9. The van der Waals surface area contributed by atoms with Crippen molar-refractivity contribution in [3.8, 4) is 5.75 Å². The monoisotopic (exact) mass is 325 g/mol. The summed E-state index contributed by atoms with van der Waals surface area (Å²) in [5.41, 5.74) is 4.39. The molecule has 0 radical (unpaired) electrons. The van der Waals surface area contributed by atoms with E-state index in [0.717, 1.165) is 11.3 Å². The van der Waals surface area contributed by atoms with Gasteiger partial charge >= 0.3 is 0 Å². The first-order valence-electron chi connectivity index (χ1n) is 7.52. The lowest BCUT2D eigenvalue weighted by Crippen LogP contribution is -2.17. The molecule has 6 heteroatoms. The van der Waals surface area contributed by atoms with E-state index >= 15 is 0 Å². The summed E-state index contributed by atoms with van der Waals surface area (Å²) in [7, 11) is 0. The first kappa shape index (κ1) is 17.2. The van der Waals surface area contributed by atoms with Gasteiger partial charge in [0.2, 0.25) is 5.91 Å². The fourth-order valence-electron chi connectivity index (χ4n) is 1.95. The van der Waals surface area contributed by atoms with Gasteiger partial charge in [-0.15, -0.1) is 0 Å². The van der Waals surface area contributed by atoms with E-state index in [2.05, 4.69) is 15.8 Å². The van der Waals surface area contributed by atoms with Crippen LogP contribution in [0, 0.1) is 0 Å². The Bertz CT molecular complexity index is 722. The molecule has 2 amide bonds. The van der Waals surface area contributed by atoms with Crippen LogP contribution >= 0.6 is 0 Å². The highest BCUT2D eigenvalue weighted by molar-refractivity contribution is 5.96. The number of nitrogens with one attached hydrogen (secondary N) is 2. The average molecular weight is 325 g/mol. The molecule has 0 aliphatic rings. The third-order valence-corrected chi connectivity index (χ3v) is 3.04. The Morgan fingerprint density at radius 3 is 2.33 bits per heavy atom. The first-order valence-corrected chi connectivity index (χ1v) is 7.52. The topological polar surface area (TPSA) is 79.8 Å². The molecule has 124 valence electrons. The molecule has 0 spiro atoms. The quantitative estimate of drug-likeness (QED) is 0.633. The average Bonchev–Trinajstić information content (AvgIpc) is 2.57. The molecule has 2 N–H and O–H groups in total. The van der Waals surface area contributed by atoms with Crippen molar-refractivity contribution in [2.75, 3.05) is 11.9 Å². The molecule has 0 aliphatic heterocycles. The Balaban J connectivity index is 1.90. The highest BCUT2D eigenvalue weighted by Gasteiger charge is 2.04. The highest BCUT2D eigenvalue weighted by Crippen LogP contribution is 2.11. The minimum Gasteiger partial charge on any atom is -0.494 e. The van der Waals surface area contributed by atoms with E-state index in [1.165, 1.54) is 6.92 Å². The molecular formula is C18H19N3O3. The number of amides is 2. The molecule has 6 nitrogen and oxygen atoms in total. The molecule has 0 bridgehead atoms. The van der Waals surface area contributed by atoms with Gasteiger partial charge in [0, 0.05) is 18.2 Å². The number of carbonyl (C=O) groups is 2. The van der Waals surface area contributed by atoms with Crippen molar-refractivity contribution in [2.45, 2.75) is 13.8 Å². The molecule has 0 unspecified atom stereocenters. The molecule has 0 saturated carbocycles. The number of hydrogen-bond donors (Lipinski definition) is 2. The number of carbonyl (C=O) groups excluding carboxylic acids is 2. The smallest absolute Gasteiger partial charge is 0.271 e. The maximum atomic E-state index is 12.0. The maximum Gasteiger partial charge on any atom is 0.271 e. The molecule has 0 aliphatic carbocycles. The summed E-state index contributed by atoms with van der Waals surface area (Å²) in [6.07, 6.45) is 1.55. The van der Waals surface area contributed by atoms with Gasteiger partial charge in [-0.1, -0.05) is 0 Å². The molecule has 0 fully saturated rings. The van der Waals surface area contributed by atoms with Crippen LogP contribution in [0.1, 0.15) is 29.8 Å². The number of benzene rings is 2. The van der Waals surface area contributed by atoms with Gasteiger partial charge in [0.05, 0.1) is 12.8 Å². The van der Waals surface area contributed by atoms with E-state index < -0.39 is 0 Å². The van der Waals surface area contributed by atoms with E-state index in [4.69, 9.17) is 4.74 Å². The van der Waals surface area contributed by atoms with Crippen LogP contribution < -0.4 is 15.5 Å². The van der Waals surface area contributed by atoms with Gasteiger partial charge in [0.1, 0.15) is 5.75 Å². The number of nitrogens with zero attached hydrogens (tertiary/aromatic N) is 1. The highest BCUT2D eigenvalue weighted by atomic mass is 16.5. The van der Waals surface area contributed by atoms with Gasteiger partial charge in [-0.25, -0.2) is 5.43 Å². The summed E-state index contributed by atoms with van der Waals surface area (Å²) < 4.78 is 5.35. The standard InChI is InChI=1S/C18H19N3O3/c1-3-24-17-10-4-14(5-11-17)12-19-21-18(23)15-6-8-16(9-7-15)20-13(2)22/h4-12H,3H2,1-2H3,(H,20,22)(H,21,23). The SMILES string of the molecule is CCOc1ccc(C=NNC(=O)c2ccc(NC(C)=O)cc2)cc1. The minimum absolute atomic E-state index is 0.160. The fraction of sp³-hybridized carbons (Fsp3) is 0.167. The van der Waals surface area contributed by atoms with Crippen LogP contribution in [-0.2, 0) is 4.79 Å². The molecule has 24 heavy (non-hydrogen) atoms. The third-order valence-electron chi connectivity index (χ3n) is 3.04. The van der Waals surface area contributed by atoms with Crippen molar-refractivity contribution in [1.82, 2.24) is 5.43 Å². The lowest BCUT2D eigenvalue weighted by Gasteiger charge is -2.04. The number of rotatable bonds is 6. The Morgan fingerprint density at radius 1 is 1.08 bits per heavy atom.